The molecular weight excluding hydrogens is 248 g/mol. The maximum Gasteiger partial charge on any atom is 0.219 e. The Kier molecular flexibility index (Phi) is 2.17. The first kappa shape index (κ1) is 8.23. The maximum atomic E-state index is 13.0. The molecule has 1 aliphatic rings. The molecule has 0 spiro atoms. The normalized spacial score (nSPS) is 32.9. The zero-order valence-corrected chi connectivity index (χ0v) is 7.89. The Morgan fingerprint density at radius 1 is 1.80 bits per heavy atom. The van der Waals surface area contributed by atoms with E-state index in [9.17, 15) is 9.18 Å². The van der Waals surface area contributed by atoms with Crippen molar-refractivity contribution in [3.05, 3.63) is 0 Å². The van der Waals surface area contributed by atoms with Gasteiger partial charge in [0.25, 0.3) is 0 Å². The van der Waals surface area contributed by atoms with E-state index in [1.807, 2.05) is 0 Å². The number of halogens is 2. The van der Waals surface area contributed by atoms with Gasteiger partial charge in [-0.05, 0) is 22.6 Å². The van der Waals surface area contributed by atoms with Gasteiger partial charge in [0.1, 0.15) is 0 Å². The number of alkyl halides is 2. The second-order valence-electron chi connectivity index (χ2n) is 2.55. The van der Waals surface area contributed by atoms with Crippen molar-refractivity contribution in [3.63, 3.8) is 0 Å². The molecule has 1 unspecified atom stereocenters. The van der Waals surface area contributed by atoms with Crippen LogP contribution in [0.4, 0.5) is 4.39 Å². The molecule has 0 aromatic rings. The highest BCUT2D eigenvalue weighted by Crippen LogP contribution is 2.31. The lowest BCUT2D eigenvalue weighted by atomic mass is 10.3. The lowest BCUT2D eigenvalue weighted by Crippen LogP contribution is -2.28. The van der Waals surface area contributed by atoms with Crippen LogP contribution in [0.1, 0.15) is 13.3 Å². The molecule has 1 atom stereocenters. The van der Waals surface area contributed by atoms with E-state index in [1.54, 1.807) is 22.6 Å². The molecule has 1 aliphatic heterocycles. The molecule has 1 amide bonds. The first-order chi connectivity index (χ1) is 4.51. The van der Waals surface area contributed by atoms with Gasteiger partial charge >= 0.3 is 0 Å². The highest BCUT2D eigenvalue weighted by Gasteiger charge is 2.36. The quantitative estimate of drug-likeness (QED) is 0.473. The second kappa shape index (κ2) is 2.64. The summed E-state index contributed by atoms with van der Waals surface area (Å²) < 4.78 is 11.8. The van der Waals surface area contributed by atoms with Crippen LogP contribution in [0, 0.1) is 0 Å². The molecule has 58 valence electrons. The number of carbonyl (C=O) groups is 1. The summed E-state index contributed by atoms with van der Waals surface area (Å²) in [6.07, 6.45) is 0.465. The Bertz CT molecular complexity index is 160. The largest absolute Gasteiger partial charge is 0.339 e. The predicted molar refractivity (Wildman–Crippen MR) is 44.7 cm³/mol. The number of carbonyl (C=O) groups excluding carboxylic acids is 1. The van der Waals surface area contributed by atoms with E-state index in [4.69, 9.17) is 0 Å². The molecule has 4 heteroatoms. The van der Waals surface area contributed by atoms with Crippen LogP contribution in [0.2, 0.25) is 0 Å². The Hall–Kier alpha value is 0.130. The van der Waals surface area contributed by atoms with Gasteiger partial charge in [-0.2, -0.15) is 0 Å². The van der Waals surface area contributed by atoms with Crippen molar-refractivity contribution in [1.82, 2.24) is 4.90 Å². The lowest BCUT2D eigenvalue weighted by molar-refractivity contribution is -0.128. The van der Waals surface area contributed by atoms with Crippen LogP contribution in [0.25, 0.3) is 0 Å². The summed E-state index contributed by atoms with van der Waals surface area (Å²) in [5.74, 6) is -0.0313. The molecule has 0 aromatic carbocycles. The molecule has 0 saturated carbocycles. The Morgan fingerprint density at radius 3 is 2.60 bits per heavy atom. The van der Waals surface area contributed by atoms with Crippen molar-refractivity contribution < 1.29 is 9.18 Å². The molecule has 0 N–H and O–H groups in total. The molecule has 1 rings (SSSR count). The molecule has 10 heavy (non-hydrogen) atoms. The number of likely N-dealkylation sites (tertiary alicyclic amines) is 1. The van der Waals surface area contributed by atoms with Crippen LogP contribution >= 0.6 is 22.6 Å². The highest BCUT2D eigenvalue weighted by atomic mass is 127. The summed E-state index contributed by atoms with van der Waals surface area (Å²) in [7, 11) is 0. The summed E-state index contributed by atoms with van der Waals surface area (Å²) in [4.78, 5) is 12.2. The minimum atomic E-state index is -1.18. The van der Waals surface area contributed by atoms with Crippen molar-refractivity contribution in [2.45, 2.75) is 17.0 Å². The fraction of sp³-hybridized carbons (Fsp3) is 0.833. The number of amides is 1. The molecule has 0 aliphatic carbocycles. The van der Waals surface area contributed by atoms with Gasteiger partial charge < -0.3 is 4.90 Å². The van der Waals surface area contributed by atoms with Crippen molar-refractivity contribution in [1.29, 1.82) is 0 Å². The van der Waals surface area contributed by atoms with Crippen molar-refractivity contribution in [2.75, 3.05) is 13.1 Å². The molecule has 0 radical (unpaired) electrons. The third-order valence-electron chi connectivity index (χ3n) is 1.61. The zero-order valence-electron chi connectivity index (χ0n) is 5.73. The Balaban J connectivity index is 2.51. The average Bonchev–Trinajstić information content (AvgIpc) is 2.10. The maximum absolute atomic E-state index is 13.0. The van der Waals surface area contributed by atoms with Gasteiger partial charge in [0.15, 0.2) is 3.68 Å². The van der Waals surface area contributed by atoms with E-state index in [-0.39, 0.29) is 12.5 Å². The molecule has 1 saturated heterocycles. The standard InChI is InChI=1S/C6H9FINO/c1-5(10)9-3-2-6(7,8)4-9/h2-4H2,1H3. The van der Waals surface area contributed by atoms with Gasteiger partial charge in [0, 0.05) is 19.9 Å². The first-order valence-electron chi connectivity index (χ1n) is 3.15. The van der Waals surface area contributed by atoms with Crippen LogP contribution in [0.15, 0.2) is 0 Å². The lowest BCUT2D eigenvalue weighted by Gasteiger charge is -2.13. The van der Waals surface area contributed by atoms with Gasteiger partial charge in [-0.15, -0.1) is 0 Å². The van der Waals surface area contributed by atoms with E-state index in [0.29, 0.717) is 13.0 Å². The van der Waals surface area contributed by atoms with Crippen molar-refractivity contribution in [3.8, 4) is 0 Å². The van der Waals surface area contributed by atoms with Gasteiger partial charge in [-0.25, -0.2) is 4.39 Å². The monoisotopic (exact) mass is 257 g/mol. The van der Waals surface area contributed by atoms with Gasteiger partial charge in [0.2, 0.25) is 5.91 Å². The molecule has 1 fully saturated rings. The van der Waals surface area contributed by atoms with Crippen LogP contribution in [0.3, 0.4) is 0 Å². The van der Waals surface area contributed by atoms with E-state index in [1.165, 1.54) is 11.8 Å². The SMILES string of the molecule is CC(=O)N1CCC(F)(I)C1. The molecule has 2 nitrogen and oxygen atoms in total. The highest BCUT2D eigenvalue weighted by molar-refractivity contribution is 14.1. The topological polar surface area (TPSA) is 20.3 Å². The van der Waals surface area contributed by atoms with Gasteiger partial charge in [0.05, 0.1) is 6.54 Å². The van der Waals surface area contributed by atoms with E-state index >= 15 is 0 Å². The van der Waals surface area contributed by atoms with E-state index in [2.05, 4.69) is 0 Å². The minimum Gasteiger partial charge on any atom is -0.339 e. The summed E-state index contributed by atoms with van der Waals surface area (Å²) in [5.41, 5.74) is 0. The Morgan fingerprint density at radius 2 is 2.40 bits per heavy atom. The summed E-state index contributed by atoms with van der Waals surface area (Å²) in [6, 6.07) is 0. The fourth-order valence-corrected chi connectivity index (χ4v) is 1.66. The first-order valence-corrected chi connectivity index (χ1v) is 4.22. The van der Waals surface area contributed by atoms with Crippen molar-refractivity contribution in [2.24, 2.45) is 0 Å². The van der Waals surface area contributed by atoms with Crippen molar-refractivity contribution >= 4 is 28.5 Å². The second-order valence-corrected chi connectivity index (χ2v) is 4.48. The third kappa shape index (κ3) is 1.81. The predicted octanol–water partition coefficient (Wildman–Crippen LogP) is 1.34. The molecule has 0 aromatic heterocycles. The smallest absolute Gasteiger partial charge is 0.219 e. The van der Waals surface area contributed by atoms with Gasteiger partial charge in [-0.3, -0.25) is 4.79 Å². The molecular formula is C6H9FINO. The number of rotatable bonds is 0. The number of hydrogen-bond acceptors (Lipinski definition) is 1. The summed E-state index contributed by atoms with van der Waals surface area (Å²) in [6.45, 7) is 2.29. The Labute approximate surface area is 72.9 Å². The number of hydrogen-bond donors (Lipinski definition) is 0. The van der Waals surface area contributed by atoms with Crippen LogP contribution in [-0.2, 0) is 4.79 Å². The van der Waals surface area contributed by atoms with Crippen LogP contribution < -0.4 is 0 Å². The third-order valence-corrected chi connectivity index (χ3v) is 2.50. The number of nitrogens with zero attached hydrogens (tertiary/aromatic N) is 1. The minimum absolute atomic E-state index is 0.0313. The van der Waals surface area contributed by atoms with Gasteiger partial charge in [-0.1, -0.05) is 0 Å². The van der Waals surface area contributed by atoms with Crippen LogP contribution in [-0.4, -0.2) is 27.6 Å². The van der Waals surface area contributed by atoms with Crippen LogP contribution in [0.5, 0.6) is 0 Å². The summed E-state index contributed by atoms with van der Waals surface area (Å²) >= 11 is 1.75. The summed E-state index contributed by atoms with van der Waals surface area (Å²) in [5, 5.41) is 0. The van der Waals surface area contributed by atoms with E-state index in [0.717, 1.165) is 0 Å². The van der Waals surface area contributed by atoms with E-state index < -0.39 is 3.68 Å². The fourth-order valence-electron chi connectivity index (χ4n) is 1.00. The molecule has 0 bridgehead atoms. The molecule has 1 heterocycles. The zero-order chi connectivity index (χ0) is 7.78. The average molecular weight is 257 g/mol.